The Morgan fingerprint density at radius 1 is 0.784 bits per heavy atom. The van der Waals surface area contributed by atoms with Gasteiger partial charge in [-0.3, -0.25) is 0 Å². The van der Waals surface area contributed by atoms with Gasteiger partial charge in [0.2, 0.25) is 12.2 Å². The summed E-state index contributed by atoms with van der Waals surface area (Å²) in [5, 5.41) is 0. The maximum absolute atomic E-state index is 12.3. The molecule has 1 aliphatic carbocycles. The van der Waals surface area contributed by atoms with Gasteiger partial charge in [-0.15, -0.1) is 0 Å². The molecule has 2 rings (SSSR count). The lowest BCUT2D eigenvalue weighted by Gasteiger charge is -2.11. The van der Waals surface area contributed by atoms with Crippen molar-refractivity contribution in [2.45, 2.75) is 125 Å². The van der Waals surface area contributed by atoms with Crippen LogP contribution in [-0.2, 0) is 14.2 Å². The van der Waals surface area contributed by atoms with Crippen molar-refractivity contribution >= 4 is 31.3 Å². The largest absolute Gasteiger partial charge is 0.339 e. The predicted molar refractivity (Wildman–Crippen MR) is 158 cm³/mol. The van der Waals surface area contributed by atoms with Crippen molar-refractivity contribution in [3.8, 4) is 0 Å². The molecule has 0 amide bonds. The molecule has 1 aromatic rings. The fourth-order valence-electron chi connectivity index (χ4n) is 4.44. The van der Waals surface area contributed by atoms with E-state index in [2.05, 4.69) is 37.7 Å². The quantitative estimate of drug-likeness (QED) is 0.136. The third-order valence-electron chi connectivity index (χ3n) is 7.04. The van der Waals surface area contributed by atoms with E-state index in [1.54, 1.807) is 19.1 Å². The van der Waals surface area contributed by atoms with Crippen LogP contribution in [0.1, 0.15) is 123 Å². The summed E-state index contributed by atoms with van der Waals surface area (Å²) in [6.07, 6.45) is 23.9. The van der Waals surface area contributed by atoms with E-state index >= 15 is 0 Å². The van der Waals surface area contributed by atoms with Crippen molar-refractivity contribution in [1.29, 1.82) is 0 Å². The summed E-state index contributed by atoms with van der Waals surface area (Å²) in [5.74, 6) is 1.41. The first-order valence-corrected chi connectivity index (χ1v) is 16.3. The maximum Gasteiger partial charge on any atom is 0.339 e. The van der Waals surface area contributed by atoms with E-state index < -0.39 is 7.80 Å². The SMILES string of the molecule is C1CCCCC1.CCCCC(CC)C[P+](=O)CC(CC)CCCC.Cc1ccc(N=C=O)cc1N=C=O. The molecule has 0 aromatic heterocycles. The van der Waals surface area contributed by atoms with Crippen LogP contribution in [0.4, 0.5) is 11.4 Å². The normalized spacial score (nSPS) is 14.4. The second-order valence-corrected chi connectivity index (χ2v) is 11.9. The second-order valence-electron chi connectivity index (χ2n) is 10.2. The van der Waals surface area contributed by atoms with Crippen molar-refractivity contribution in [3.05, 3.63) is 23.8 Å². The van der Waals surface area contributed by atoms with E-state index in [1.807, 2.05) is 0 Å². The first kappa shape index (κ1) is 35.1. The number of hydrogen-bond donors (Lipinski definition) is 0. The van der Waals surface area contributed by atoms with E-state index in [0.29, 0.717) is 23.2 Å². The smallest absolute Gasteiger partial charge is 0.211 e. The number of rotatable bonds is 14. The minimum absolute atomic E-state index is 0.426. The Bertz CT molecular complexity index is 794. The molecule has 0 saturated heterocycles. The highest BCUT2D eigenvalue weighted by Gasteiger charge is 2.25. The first-order valence-electron chi connectivity index (χ1n) is 14.6. The van der Waals surface area contributed by atoms with E-state index in [-0.39, 0.29) is 0 Å². The van der Waals surface area contributed by atoms with Crippen LogP contribution in [-0.4, -0.2) is 24.5 Å². The summed E-state index contributed by atoms with van der Waals surface area (Å²) < 4.78 is 12.3. The van der Waals surface area contributed by atoms with Gasteiger partial charge in [0.05, 0.1) is 11.4 Å². The van der Waals surface area contributed by atoms with Crippen LogP contribution in [0.5, 0.6) is 0 Å². The van der Waals surface area contributed by atoms with E-state index in [0.717, 1.165) is 17.9 Å². The van der Waals surface area contributed by atoms with Gasteiger partial charge in [-0.2, -0.15) is 9.98 Å². The summed E-state index contributed by atoms with van der Waals surface area (Å²) in [5.41, 5.74) is 1.72. The standard InChI is InChI=1S/C16H34OP.C9H6N2O2.C6H12/c1-5-9-11-15(7-3)13-18(17)14-16(8-4)12-10-6-2;1-7-2-3-8(10-5-12)4-9(7)11-6-13;1-2-4-6-5-3-1/h15-16H,5-14H2,1-4H3;2-4H,1H3;1-6H2/q+1;;. The van der Waals surface area contributed by atoms with Crippen molar-refractivity contribution < 1.29 is 14.2 Å². The average molecular weight is 532 g/mol. The molecule has 0 radical (unpaired) electrons. The van der Waals surface area contributed by atoms with Crippen molar-refractivity contribution in [3.63, 3.8) is 0 Å². The molecule has 0 bridgehead atoms. The Labute approximate surface area is 227 Å². The second kappa shape index (κ2) is 24.4. The highest BCUT2D eigenvalue weighted by atomic mass is 31.1. The van der Waals surface area contributed by atoms with Gasteiger partial charge in [0.15, 0.2) is 0 Å². The third-order valence-corrected chi connectivity index (χ3v) is 8.89. The molecule has 1 fully saturated rings. The fourth-order valence-corrected chi connectivity index (χ4v) is 6.62. The summed E-state index contributed by atoms with van der Waals surface area (Å²) in [6.45, 7) is 10.8. The lowest BCUT2D eigenvalue weighted by Crippen LogP contribution is -2.07. The molecule has 5 nitrogen and oxygen atoms in total. The van der Waals surface area contributed by atoms with Crippen LogP contribution in [0.2, 0.25) is 0 Å². The third kappa shape index (κ3) is 18.9. The maximum atomic E-state index is 12.3. The highest BCUT2D eigenvalue weighted by Crippen LogP contribution is 2.33. The molecule has 1 aliphatic rings. The Morgan fingerprint density at radius 2 is 1.24 bits per heavy atom. The molecule has 0 spiro atoms. The van der Waals surface area contributed by atoms with E-state index in [1.165, 1.54) is 108 Å². The molecule has 208 valence electrons. The van der Waals surface area contributed by atoms with Crippen molar-refractivity contribution in [2.24, 2.45) is 21.8 Å². The van der Waals surface area contributed by atoms with Crippen molar-refractivity contribution in [2.75, 3.05) is 12.3 Å². The van der Waals surface area contributed by atoms with Crippen LogP contribution < -0.4 is 0 Å². The number of hydrogen-bond acceptors (Lipinski definition) is 5. The summed E-state index contributed by atoms with van der Waals surface area (Å²) in [4.78, 5) is 26.8. The monoisotopic (exact) mass is 531 g/mol. The van der Waals surface area contributed by atoms with Crippen LogP contribution in [0.15, 0.2) is 28.2 Å². The summed E-state index contributed by atoms with van der Waals surface area (Å²) >= 11 is 0. The van der Waals surface area contributed by atoms with Gasteiger partial charge in [0.1, 0.15) is 12.3 Å². The zero-order valence-corrected chi connectivity index (χ0v) is 25.2. The fraction of sp³-hybridized carbons (Fsp3) is 0.742. The average Bonchev–Trinajstić information content (AvgIpc) is 2.92. The number of isocyanates is 2. The van der Waals surface area contributed by atoms with E-state index in [9.17, 15) is 14.2 Å². The molecular weight excluding hydrogens is 479 g/mol. The van der Waals surface area contributed by atoms with Gasteiger partial charge < -0.3 is 0 Å². The molecular formula is C31H52N2O3P+. The number of aliphatic imine (C=N–C) groups is 2. The number of carbonyl (C=O) groups excluding carboxylic acids is 2. The zero-order valence-electron chi connectivity index (χ0n) is 24.3. The number of benzene rings is 1. The Morgan fingerprint density at radius 3 is 1.62 bits per heavy atom. The first-order chi connectivity index (χ1) is 17.9. The van der Waals surface area contributed by atoms with Crippen LogP contribution in [0.25, 0.3) is 0 Å². The number of nitrogens with zero attached hydrogens (tertiary/aromatic N) is 2. The summed E-state index contributed by atoms with van der Waals surface area (Å²) in [7, 11) is -0.954. The van der Waals surface area contributed by atoms with Gasteiger partial charge in [0, 0.05) is 11.8 Å². The van der Waals surface area contributed by atoms with Crippen LogP contribution >= 0.6 is 7.80 Å². The topological polar surface area (TPSA) is 75.9 Å². The number of unbranched alkanes of at least 4 members (excludes halogenated alkanes) is 2. The van der Waals surface area contributed by atoms with Gasteiger partial charge in [-0.05, 0) is 50.3 Å². The lowest BCUT2D eigenvalue weighted by molar-refractivity contribution is 0.470. The molecule has 0 N–H and O–H groups in total. The van der Waals surface area contributed by atoms with Crippen LogP contribution in [0, 0.1) is 18.8 Å². The van der Waals surface area contributed by atoms with Crippen molar-refractivity contribution in [1.82, 2.24) is 0 Å². The van der Waals surface area contributed by atoms with Gasteiger partial charge in [-0.1, -0.05) is 103 Å². The van der Waals surface area contributed by atoms with Gasteiger partial charge in [0.25, 0.3) is 0 Å². The lowest BCUT2D eigenvalue weighted by atomic mass is 10.0. The molecule has 0 heterocycles. The van der Waals surface area contributed by atoms with Gasteiger partial charge >= 0.3 is 7.80 Å². The highest BCUT2D eigenvalue weighted by molar-refractivity contribution is 7.44. The molecule has 2 unspecified atom stereocenters. The summed E-state index contributed by atoms with van der Waals surface area (Å²) in [6, 6.07) is 4.88. The molecule has 37 heavy (non-hydrogen) atoms. The molecule has 6 heteroatoms. The minimum Gasteiger partial charge on any atom is -0.211 e. The molecule has 0 aliphatic heterocycles. The van der Waals surface area contributed by atoms with Gasteiger partial charge in [-0.25, -0.2) is 9.59 Å². The predicted octanol–water partition coefficient (Wildman–Crippen LogP) is 10.5. The Hall–Kier alpha value is -1.92. The Balaban J connectivity index is 0.000000587. The number of aryl methyl sites for hydroxylation is 1. The molecule has 1 saturated carbocycles. The van der Waals surface area contributed by atoms with Crippen LogP contribution in [0.3, 0.4) is 0 Å². The molecule has 1 aromatic carbocycles. The Kier molecular flexibility index (Phi) is 23.2. The zero-order chi connectivity index (χ0) is 27.7. The van der Waals surface area contributed by atoms with E-state index in [4.69, 9.17) is 0 Å². The minimum atomic E-state index is -0.954. The molecule has 2 atom stereocenters.